The first-order chi connectivity index (χ1) is 8.65. The van der Waals surface area contributed by atoms with E-state index in [0.29, 0.717) is 6.42 Å². The molecule has 0 aliphatic heterocycles. The van der Waals surface area contributed by atoms with E-state index in [1.54, 1.807) is 0 Å². The van der Waals surface area contributed by atoms with Gasteiger partial charge in [0.15, 0.2) is 5.78 Å². The van der Waals surface area contributed by atoms with E-state index in [-0.39, 0.29) is 5.78 Å². The summed E-state index contributed by atoms with van der Waals surface area (Å²) in [6, 6.07) is 7.62. The zero-order chi connectivity index (χ0) is 13.0. The molecule has 0 unspecified atom stereocenters. The van der Waals surface area contributed by atoms with E-state index >= 15 is 0 Å². The van der Waals surface area contributed by atoms with Crippen LogP contribution in [0, 0.1) is 5.92 Å². The van der Waals surface area contributed by atoms with Gasteiger partial charge in [-0.15, -0.1) is 0 Å². The molecule has 0 bridgehead atoms. The van der Waals surface area contributed by atoms with Crippen molar-refractivity contribution in [2.24, 2.45) is 5.92 Å². The van der Waals surface area contributed by atoms with E-state index in [4.69, 9.17) is 0 Å². The Balaban J connectivity index is 1.69. The number of rotatable bonds is 7. The van der Waals surface area contributed by atoms with Crippen molar-refractivity contribution in [3.05, 3.63) is 34.3 Å². The van der Waals surface area contributed by atoms with Gasteiger partial charge in [-0.25, -0.2) is 0 Å². The van der Waals surface area contributed by atoms with Crippen molar-refractivity contribution in [3.63, 3.8) is 0 Å². The summed E-state index contributed by atoms with van der Waals surface area (Å²) in [6.45, 7) is 2.23. The van der Waals surface area contributed by atoms with Crippen LogP contribution in [0.25, 0.3) is 0 Å². The largest absolute Gasteiger partial charge is 0.306 e. The fourth-order valence-electron chi connectivity index (χ4n) is 2.12. The Morgan fingerprint density at radius 2 is 2.00 bits per heavy atom. The van der Waals surface area contributed by atoms with Gasteiger partial charge in [-0.3, -0.25) is 4.79 Å². The first-order valence-corrected chi connectivity index (χ1v) is 7.42. The summed E-state index contributed by atoms with van der Waals surface area (Å²) < 4.78 is 1.02. The molecule has 0 amide bonds. The highest BCUT2D eigenvalue weighted by Crippen LogP contribution is 2.29. The molecule has 0 heterocycles. The molecule has 3 heteroatoms. The lowest BCUT2D eigenvalue weighted by molar-refractivity contribution is 0.0976. The lowest BCUT2D eigenvalue weighted by Gasteiger charge is -2.15. The van der Waals surface area contributed by atoms with Crippen molar-refractivity contribution in [2.45, 2.75) is 25.7 Å². The van der Waals surface area contributed by atoms with E-state index in [0.717, 1.165) is 28.9 Å². The van der Waals surface area contributed by atoms with Crippen LogP contribution in [0.15, 0.2) is 28.7 Å². The maximum absolute atomic E-state index is 11.9. The number of nitrogens with zero attached hydrogens (tertiary/aromatic N) is 1. The van der Waals surface area contributed by atoms with Crippen LogP contribution >= 0.6 is 15.9 Å². The Kier molecular flexibility index (Phi) is 4.95. The highest BCUT2D eigenvalue weighted by Gasteiger charge is 2.22. The Morgan fingerprint density at radius 1 is 1.33 bits per heavy atom. The van der Waals surface area contributed by atoms with Crippen LogP contribution in [0.2, 0.25) is 0 Å². The van der Waals surface area contributed by atoms with E-state index < -0.39 is 0 Å². The van der Waals surface area contributed by atoms with E-state index in [1.807, 2.05) is 24.3 Å². The van der Waals surface area contributed by atoms with E-state index in [9.17, 15) is 4.79 Å². The smallest absolute Gasteiger partial charge is 0.162 e. The normalized spacial score (nSPS) is 15.1. The number of ketones is 1. The van der Waals surface area contributed by atoms with Crippen LogP contribution in [0.3, 0.4) is 0 Å². The van der Waals surface area contributed by atoms with Gasteiger partial charge in [-0.1, -0.05) is 28.1 Å². The van der Waals surface area contributed by atoms with Crippen molar-refractivity contribution in [1.82, 2.24) is 4.90 Å². The van der Waals surface area contributed by atoms with Crippen molar-refractivity contribution < 1.29 is 4.79 Å². The maximum atomic E-state index is 11.9. The van der Waals surface area contributed by atoms with E-state index in [2.05, 4.69) is 27.9 Å². The molecule has 1 fully saturated rings. The highest BCUT2D eigenvalue weighted by atomic mass is 79.9. The number of halogens is 1. The summed E-state index contributed by atoms with van der Waals surface area (Å²) in [7, 11) is 2.16. The molecule has 1 aliphatic carbocycles. The Labute approximate surface area is 117 Å². The average molecular weight is 310 g/mol. The lowest BCUT2D eigenvalue weighted by atomic mass is 10.1. The summed E-state index contributed by atoms with van der Waals surface area (Å²) in [4.78, 5) is 14.3. The fourth-order valence-corrected chi connectivity index (χ4v) is 2.39. The predicted octanol–water partition coefficient (Wildman–Crippen LogP) is 3.75. The van der Waals surface area contributed by atoms with Crippen LogP contribution in [0.4, 0.5) is 0 Å². The number of Topliss-reactive ketones (excluding diaryl/α,β-unsaturated/α-hetero) is 1. The minimum atomic E-state index is 0.252. The zero-order valence-electron chi connectivity index (χ0n) is 10.9. The third kappa shape index (κ3) is 4.54. The molecule has 18 heavy (non-hydrogen) atoms. The molecule has 0 N–H and O–H groups in total. The topological polar surface area (TPSA) is 20.3 Å². The maximum Gasteiger partial charge on any atom is 0.162 e. The van der Waals surface area contributed by atoms with Gasteiger partial charge in [0.05, 0.1) is 0 Å². The number of benzene rings is 1. The molecule has 2 nitrogen and oxygen atoms in total. The third-order valence-electron chi connectivity index (χ3n) is 3.38. The molecule has 0 radical (unpaired) electrons. The van der Waals surface area contributed by atoms with Gasteiger partial charge in [0.25, 0.3) is 0 Å². The molecule has 98 valence electrons. The van der Waals surface area contributed by atoms with Crippen molar-refractivity contribution >= 4 is 21.7 Å². The second-order valence-corrected chi connectivity index (χ2v) is 6.15. The summed E-state index contributed by atoms with van der Waals surface area (Å²) in [5, 5.41) is 0. The monoisotopic (exact) mass is 309 g/mol. The molecule has 1 aromatic rings. The second-order valence-electron chi connectivity index (χ2n) is 5.24. The van der Waals surface area contributed by atoms with Crippen molar-refractivity contribution in [3.8, 4) is 0 Å². The number of carbonyl (C=O) groups is 1. The third-order valence-corrected chi connectivity index (χ3v) is 3.91. The molecule has 0 atom stereocenters. The number of hydrogen-bond acceptors (Lipinski definition) is 2. The fraction of sp³-hybridized carbons (Fsp3) is 0.533. The average Bonchev–Trinajstić information content (AvgIpc) is 3.13. The molecular formula is C15H20BrNO. The van der Waals surface area contributed by atoms with Gasteiger partial charge < -0.3 is 4.90 Å². The first-order valence-electron chi connectivity index (χ1n) is 6.62. The zero-order valence-corrected chi connectivity index (χ0v) is 12.4. The minimum Gasteiger partial charge on any atom is -0.306 e. The SMILES string of the molecule is CN(CCCC(=O)c1ccc(Br)cc1)CC1CC1. The van der Waals surface area contributed by atoms with Crippen LogP contribution in [-0.4, -0.2) is 30.8 Å². The molecular weight excluding hydrogens is 290 g/mol. The van der Waals surface area contributed by atoms with Crippen LogP contribution in [0.1, 0.15) is 36.0 Å². The summed E-state index contributed by atoms with van der Waals surface area (Å²) >= 11 is 3.38. The Hall–Kier alpha value is -0.670. The summed E-state index contributed by atoms with van der Waals surface area (Å²) in [5.41, 5.74) is 0.822. The van der Waals surface area contributed by atoms with Gasteiger partial charge in [0.1, 0.15) is 0 Å². The van der Waals surface area contributed by atoms with E-state index in [1.165, 1.54) is 19.4 Å². The van der Waals surface area contributed by atoms with Gasteiger partial charge in [-0.05, 0) is 50.9 Å². The van der Waals surface area contributed by atoms with Crippen molar-refractivity contribution in [2.75, 3.05) is 20.1 Å². The van der Waals surface area contributed by atoms with Crippen LogP contribution in [0.5, 0.6) is 0 Å². The Bertz CT molecular complexity index is 397. The molecule has 1 saturated carbocycles. The van der Waals surface area contributed by atoms with Gasteiger partial charge in [0, 0.05) is 23.0 Å². The molecule has 1 aromatic carbocycles. The number of hydrogen-bond donors (Lipinski definition) is 0. The standard InChI is InChI=1S/C15H20BrNO/c1-17(11-12-4-5-12)10-2-3-15(18)13-6-8-14(16)9-7-13/h6-9,12H,2-5,10-11H2,1H3. The second kappa shape index (κ2) is 6.48. The molecule has 0 spiro atoms. The summed E-state index contributed by atoms with van der Waals surface area (Å²) in [5.74, 6) is 1.18. The first kappa shape index (κ1) is 13.8. The molecule has 0 aromatic heterocycles. The van der Waals surface area contributed by atoms with Gasteiger partial charge in [-0.2, -0.15) is 0 Å². The Morgan fingerprint density at radius 3 is 2.61 bits per heavy atom. The van der Waals surface area contributed by atoms with Crippen LogP contribution < -0.4 is 0 Å². The molecule has 1 aliphatic rings. The molecule has 2 rings (SSSR count). The van der Waals surface area contributed by atoms with Crippen molar-refractivity contribution in [1.29, 1.82) is 0 Å². The molecule has 0 saturated heterocycles. The van der Waals surface area contributed by atoms with Gasteiger partial charge >= 0.3 is 0 Å². The minimum absolute atomic E-state index is 0.252. The van der Waals surface area contributed by atoms with Crippen LogP contribution in [-0.2, 0) is 0 Å². The summed E-state index contributed by atoms with van der Waals surface area (Å²) in [6.07, 6.45) is 4.39. The lowest BCUT2D eigenvalue weighted by Crippen LogP contribution is -2.22. The van der Waals surface area contributed by atoms with Gasteiger partial charge in [0.2, 0.25) is 0 Å². The quantitative estimate of drug-likeness (QED) is 0.715. The number of carbonyl (C=O) groups excluding carboxylic acids is 1. The predicted molar refractivity (Wildman–Crippen MR) is 77.9 cm³/mol. The highest BCUT2D eigenvalue weighted by molar-refractivity contribution is 9.10.